The van der Waals surface area contributed by atoms with Gasteiger partial charge in [-0.2, -0.15) is 0 Å². The summed E-state index contributed by atoms with van der Waals surface area (Å²) in [7, 11) is 0. The van der Waals surface area contributed by atoms with Crippen LogP contribution < -0.4 is 0 Å². The molecule has 0 fully saturated rings. The highest BCUT2D eigenvalue weighted by atomic mass is 35.5. The molecule has 1 aliphatic carbocycles. The highest BCUT2D eigenvalue weighted by Crippen LogP contribution is 2.46. The molecule has 0 spiro atoms. The van der Waals surface area contributed by atoms with E-state index in [9.17, 15) is 9.90 Å². The molecule has 1 unspecified atom stereocenters. The molecule has 0 aromatic heterocycles. The van der Waals surface area contributed by atoms with Gasteiger partial charge in [-0.15, -0.1) is 0 Å². The van der Waals surface area contributed by atoms with Gasteiger partial charge in [0.05, 0.1) is 15.0 Å². The smallest absolute Gasteiger partial charge is 0.173 e. The standard InChI is InChI=1S/C24H17Cl3O2S/c25-17-8-4-5-9-21(17)30-24-19(28)12-15(13-20(24)29)22-18(26)11-10-16(23(22)27)14-6-2-1-3-7-14/h1-11,15,28H,12-13H2. The predicted molar refractivity (Wildman–Crippen MR) is 126 cm³/mol. The summed E-state index contributed by atoms with van der Waals surface area (Å²) in [6.07, 6.45) is 0.505. The van der Waals surface area contributed by atoms with Crippen molar-refractivity contribution in [2.24, 2.45) is 0 Å². The van der Waals surface area contributed by atoms with Crippen LogP contribution in [-0.2, 0) is 4.79 Å². The number of thioether (sulfide) groups is 1. The minimum absolute atomic E-state index is 0.0402. The number of carbonyl (C=O) groups excluding carboxylic acids is 1. The van der Waals surface area contributed by atoms with E-state index in [2.05, 4.69) is 0 Å². The van der Waals surface area contributed by atoms with E-state index in [1.165, 1.54) is 11.8 Å². The van der Waals surface area contributed by atoms with Crippen LogP contribution in [0.2, 0.25) is 15.1 Å². The normalized spacial score (nSPS) is 16.8. The molecule has 1 N–H and O–H groups in total. The van der Waals surface area contributed by atoms with Gasteiger partial charge in [-0.25, -0.2) is 0 Å². The summed E-state index contributed by atoms with van der Waals surface area (Å²) in [5.41, 5.74) is 2.52. The maximum absolute atomic E-state index is 12.9. The molecule has 3 aromatic carbocycles. The van der Waals surface area contributed by atoms with Crippen LogP contribution in [0, 0.1) is 0 Å². The molecule has 0 amide bonds. The van der Waals surface area contributed by atoms with E-state index in [4.69, 9.17) is 34.8 Å². The van der Waals surface area contributed by atoms with E-state index in [1.807, 2.05) is 54.6 Å². The third-order valence-electron chi connectivity index (χ3n) is 5.06. The second-order valence-electron chi connectivity index (χ2n) is 7.03. The van der Waals surface area contributed by atoms with Crippen molar-refractivity contribution in [1.29, 1.82) is 0 Å². The van der Waals surface area contributed by atoms with Crippen molar-refractivity contribution in [3.05, 3.63) is 98.0 Å². The van der Waals surface area contributed by atoms with Gasteiger partial charge in [0.15, 0.2) is 5.78 Å². The SMILES string of the molecule is O=C1CC(c2c(Cl)ccc(-c3ccccc3)c2Cl)CC(O)=C1Sc1ccccc1Cl. The third kappa shape index (κ3) is 4.26. The lowest BCUT2D eigenvalue weighted by Gasteiger charge is -2.26. The predicted octanol–water partition coefficient (Wildman–Crippen LogP) is 8.32. The fourth-order valence-corrected chi connectivity index (χ4v) is 5.59. The Morgan fingerprint density at radius 3 is 2.23 bits per heavy atom. The average molecular weight is 476 g/mol. The van der Waals surface area contributed by atoms with Crippen LogP contribution in [0.3, 0.4) is 0 Å². The first-order chi connectivity index (χ1) is 14.5. The lowest BCUT2D eigenvalue weighted by atomic mass is 9.84. The van der Waals surface area contributed by atoms with Gasteiger partial charge in [-0.05, 0) is 29.3 Å². The maximum atomic E-state index is 12.9. The molecule has 152 valence electrons. The van der Waals surface area contributed by atoms with Crippen LogP contribution >= 0.6 is 46.6 Å². The Morgan fingerprint density at radius 1 is 0.833 bits per heavy atom. The quantitative estimate of drug-likeness (QED) is 0.412. The zero-order valence-corrected chi connectivity index (χ0v) is 18.8. The van der Waals surface area contributed by atoms with Crippen LogP contribution in [0.5, 0.6) is 0 Å². The lowest BCUT2D eigenvalue weighted by Crippen LogP contribution is -2.17. The molecule has 0 aliphatic heterocycles. The number of ketones is 1. The number of Topliss-reactive ketones (excluding diaryl/α,β-unsaturated/α-hetero) is 1. The summed E-state index contributed by atoms with van der Waals surface area (Å²) < 4.78 is 0. The summed E-state index contributed by atoms with van der Waals surface area (Å²) in [6, 6.07) is 20.7. The monoisotopic (exact) mass is 474 g/mol. The summed E-state index contributed by atoms with van der Waals surface area (Å²) in [4.78, 5) is 14.0. The van der Waals surface area contributed by atoms with Crippen LogP contribution in [0.15, 0.2) is 82.3 Å². The Morgan fingerprint density at radius 2 is 1.53 bits per heavy atom. The molecule has 1 atom stereocenters. The second-order valence-corrected chi connectivity index (χ2v) is 9.27. The summed E-state index contributed by atoms with van der Waals surface area (Å²) >= 11 is 20.6. The van der Waals surface area contributed by atoms with Gasteiger partial charge in [-0.3, -0.25) is 4.79 Å². The number of hydrogen-bond donors (Lipinski definition) is 1. The zero-order valence-electron chi connectivity index (χ0n) is 15.7. The zero-order chi connectivity index (χ0) is 21.3. The van der Waals surface area contributed by atoms with E-state index in [0.29, 0.717) is 25.5 Å². The Bertz CT molecular complexity index is 1140. The number of carbonyl (C=O) groups is 1. The molecular weight excluding hydrogens is 459 g/mol. The van der Waals surface area contributed by atoms with E-state index in [-0.39, 0.29) is 30.3 Å². The minimum atomic E-state index is -0.295. The maximum Gasteiger partial charge on any atom is 0.173 e. The largest absolute Gasteiger partial charge is 0.511 e. The van der Waals surface area contributed by atoms with E-state index in [0.717, 1.165) is 16.0 Å². The molecule has 0 saturated heterocycles. The average Bonchev–Trinajstić information content (AvgIpc) is 2.73. The molecule has 2 nitrogen and oxygen atoms in total. The number of rotatable bonds is 4. The van der Waals surface area contributed by atoms with E-state index < -0.39 is 0 Å². The highest BCUT2D eigenvalue weighted by Gasteiger charge is 2.32. The molecular formula is C24H17Cl3O2S. The van der Waals surface area contributed by atoms with Gasteiger partial charge in [-0.1, -0.05) is 95.1 Å². The number of benzene rings is 3. The van der Waals surface area contributed by atoms with E-state index >= 15 is 0 Å². The molecule has 6 heteroatoms. The Balaban J connectivity index is 1.68. The molecule has 0 bridgehead atoms. The first kappa shape index (κ1) is 21.3. The number of allylic oxidation sites excluding steroid dienone is 2. The van der Waals surface area contributed by atoms with Crippen molar-refractivity contribution in [3.8, 4) is 11.1 Å². The topological polar surface area (TPSA) is 37.3 Å². The van der Waals surface area contributed by atoms with Gasteiger partial charge in [0.1, 0.15) is 5.76 Å². The van der Waals surface area contributed by atoms with Gasteiger partial charge in [0, 0.05) is 34.2 Å². The van der Waals surface area contributed by atoms with Gasteiger partial charge in [0.2, 0.25) is 0 Å². The van der Waals surface area contributed by atoms with E-state index in [1.54, 1.807) is 12.1 Å². The Kier molecular flexibility index (Phi) is 6.45. The number of aliphatic hydroxyl groups excluding tert-OH is 1. The van der Waals surface area contributed by atoms with Crippen molar-refractivity contribution >= 4 is 52.3 Å². The van der Waals surface area contributed by atoms with Crippen molar-refractivity contribution in [1.82, 2.24) is 0 Å². The molecule has 0 heterocycles. The highest BCUT2D eigenvalue weighted by molar-refractivity contribution is 8.04. The van der Waals surface area contributed by atoms with Gasteiger partial charge >= 0.3 is 0 Å². The summed E-state index contributed by atoms with van der Waals surface area (Å²) in [5.74, 6) is -0.402. The van der Waals surface area contributed by atoms with Crippen molar-refractivity contribution in [2.45, 2.75) is 23.7 Å². The van der Waals surface area contributed by atoms with Crippen LogP contribution in [0.4, 0.5) is 0 Å². The van der Waals surface area contributed by atoms with Gasteiger partial charge in [0.25, 0.3) is 0 Å². The van der Waals surface area contributed by atoms with Crippen LogP contribution in [-0.4, -0.2) is 10.9 Å². The lowest BCUT2D eigenvalue weighted by molar-refractivity contribution is -0.115. The number of hydrogen-bond acceptors (Lipinski definition) is 3. The third-order valence-corrected chi connectivity index (χ3v) is 7.48. The number of halogens is 3. The minimum Gasteiger partial charge on any atom is -0.511 e. The second kappa shape index (κ2) is 9.07. The van der Waals surface area contributed by atoms with Crippen molar-refractivity contribution in [3.63, 3.8) is 0 Å². The van der Waals surface area contributed by atoms with Crippen LogP contribution in [0.25, 0.3) is 11.1 Å². The van der Waals surface area contributed by atoms with Crippen LogP contribution in [0.1, 0.15) is 24.3 Å². The Hall–Kier alpha value is -1.91. The first-order valence-electron chi connectivity index (χ1n) is 9.36. The van der Waals surface area contributed by atoms with Gasteiger partial charge < -0.3 is 5.11 Å². The molecule has 3 aromatic rings. The fraction of sp³-hybridized carbons (Fsp3) is 0.125. The molecule has 30 heavy (non-hydrogen) atoms. The fourth-order valence-electron chi connectivity index (χ4n) is 3.62. The Labute approximate surface area is 194 Å². The molecule has 0 radical (unpaired) electrons. The van der Waals surface area contributed by atoms with Crippen molar-refractivity contribution in [2.75, 3.05) is 0 Å². The first-order valence-corrected chi connectivity index (χ1v) is 11.3. The summed E-state index contributed by atoms with van der Waals surface area (Å²) in [5, 5.41) is 12.2. The molecule has 0 saturated carbocycles. The summed E-state index contributed by atoms with van der Waals surface area (Å²) in [6.45, 7) is 0. The van der Waals surface area contributed by atoms with Crippen molar-refractivity contribution < 1.29 is 9.90 Å². The molecule has 4 rings (SSSR count). The molecule has 1 aliphatic rings. The number of aliphatic hydroxyl groups is 1.